The number of esters is 1. The van der Waals surface area contributed by atoms with Crippen molar-refractivity contribution in [2.45, 2.75) is 30.5 Å². The first-order valence-electron chi connectivity index (χ1n) is 13.0. The topological polar surface area (TPSA) is 248 Å². The SMILES string of the molecule is O=C(/C=C/c1ccc(O)c(O)c1)OC[C@H]1O[C@@H](c2c(O)cc3oc(-c4ccc(O)c(O)c4)cc(=O)c3c2O)[C@H](O)[C@@H](O)[C@@H]1O. The minimum Gasteiger partial charge on any atom is -0.507 e. The highest BCUT2D eigenvalue weighted by molar-refractivity contribution is 5.88. The lowest BCUT2D eigenvalue weighted by Crippen LogP contribution is -2.55. The minimum absolute atomic E-state index is 0.0741. The predicted octanol–water partition coefficient (Wildman–Crippen LogP) is 1.47. The molecule has 0 bridgehead atoms. The molecule has 0 spiro atoms. The summed E-state index contributed by atoms with van der Waals surface area (Å²) in [6.45, 7) is -0.647. The second-order valence-corrected chi connectivity index (χ2v) is 9.99. The molecule has 9 N–H and O–H groups in total. The number of hydrogen-bond donors (Lipinski definition) is 9. The van der Waals surface area contributed by atoms with Crippen molar-refractivity contribution in [3.05, 3.63) is 76.0 Å². The van der Waals surface area contributed by atoms with E-state index >= 15 is 0 Å². The van der Waals surface area contributed by atoms with Crippen LogP contribution in [-0.2, 0) is 14.3 Å². The summed E-state index contributed by atoms with van der Waals surface area (Å²) in [6, 6.07) is 9.42. The van der Waals surface area contributed by atoms with Crippen LogP contribution < -0.4 is 5.43 Å². The van der Waals surface area contributed by atoms with E-state index in [2.05, 4.69) is 0 Å². The van der Waals surface area contributed by atoms with Gasteiger partial charge < -0.3 is 59.8 Å². The fourth-order valence-electron chi connectivity index (χ4n) is 4.75. The quantitative estimate of drug-likeness (QED) is 0.0852. The Hall–Kier alpha value is -5.28. The molecule has 1 aliphatic heterocycles. The lowest BCUT2D eigenvalue weighted by atomic mass is 9.89. The number of phenols is 6. The highest BCUT2D eigenvalue weighted by atomic mass is 16.6. The summed E-state index contributed by atoms with van der Waals surface area (Å²) in [5.41, 5.74) is -1.05. The van der Waals surface area contributed by atoms with Gasteiger partial charge >= 0.3 is 5.97 Å². The van der Waals surface area contributed by atoms with Crippen LogP contribution in [0, 0.1) is 0 Å². The molecule has 5 atom stereocenters. The van der Waals surface area contributed by atoms with Crippen LogP contribution in [0.5, 0.6) is 34.5 Å². The van der Waals surface area contributed by atoms with E-state index in [0.717, 1.165) is 24.3 Å². The number of aromatic hydroxyl groups is 6. The fraction of sp³-hybridized carbons (Fsp3) is 0.200. The third-order valence-electron chi connectivity index (χ3n) is 7.07. The van der Waals surface area contributed by atoms with E-state index in [-0.39, 0.29) is 22.7 Å². The van der Waals surface area contributed by atoms with Crippen LogP contribution >= 0.6 is 0 Å². The summed E-state index contributed by atoms with van der Waals surface area (Å²) < 4.78 is 16.4. The lowest BCUT2D eigenvalue weighted by molar-refractivity contribution is -0.234. The molecule has 0 aliphatic carbocycles. The van der Waals surface area contributed by atoms with Gasteiger partial charge in [-0.1, -0.05) is 6.07 Å². The number of fused-ring (bicyclic) bond motifs is 1. The van der Waals surface area contributed by atoms with E-state index in [4.69, 9.17) is 13.9 Å². The number of hydrogen-bond acceptors (Lipinski definition) is 14. The number of ether oxygens (including phenoxy) is 2. The summed E-state index contributed by atoms with van der Waals surface area (Å²) in [5.74, 6) is -4.21. The Labute approximate surface area is 246 Å². The number of carbonyl (C=O) groups is 1. The van der Waals surface area contributed by atoms with Gasteiger partial charge in [-0.25, -0.2) is 4.79 Å². The maximum atomic E-state index is 13.0. The number of phenolic OH excluding ortho intramolecular Hbond substituents is 6. The van der Waals surface area contributed by atoms with E-state index in [1.54, 1.807) is 0 Å². The molecule has 2 heterocycles. The van der Waals surface area contributed by atoms with Gasteiger partial charge in [-0.05, 0) is 42.0 Å². The van der Waals surface area contributed by atoms with Crippen LogP contribution in [0.4, 0.5) is 0 Å². The molecule has 3 aromatic carbocycles. The molecular formula is C30H26O14. The maximum absolute atomic E-state index is 13.0. The second kappa shape index (κ2) is 11.8. The van der Waals surface area contributed by atoms with E-state index < -0.39 is 88.2 Å². The van der Waals surface area contributed by atoms with Gasteiger partial charge in [-0.15, -0.1) is 0 Å². The molecular weight excluding hydrogens is 584 g/mol. The molecule has 4 aromatic rings. The third-order valence-corrected chi connectivity index (χ3v) is 7.07. The molecule has 230 valence electrons. The second-order valence-electron chi connectivity index (χ2n) is 9.99. The van der Waals surface area contributed by atoms with Crippen molar-refractivity contribution in [1.82, 2.24) is 0 Å². The Kier molecular flexibility index (Phi) is 8.08. The van der Waals surface area contributed by atoms with Crippen molar-refractivity contribution < 1.29 is 64.6 Å². The zero-order valence-corrected chi connectivity index (χ0v) is 22.4. The Bertz CT molecular complexity index is 1830. The Morgan fingerprint density at radius 3 is 2.16 bits per heavy atom. The van der Waals surface area contributed by atoms with E-state index in [1.807, 2.05) is 0 Å². The smallest absolute Gasteiger partial charge is 0.330 e. The van der Waals surface area contributed by atoms with Crippen LogP contribution in [0.1, 0.15) is 17.2 Å². The summed E-state index contributed by atoms with van der Waals surface area (Å²) in [6.07, 6.45) is -6.52. The van der Waals surface area contributed by atoms with Crippen LogP contribution in [0.15, 0.2) is 63.8 Å². The predicted molar refractivity (Wildman–Crippen MR) is 150 cm³/mol. The highest BCUT2D eigenvalue weighted by Crippen LogP contribution is 2.45. The van der Waals surface area contributed by atoms with Crippen LogP contribution in [-0.4, -0.2) is 83.0 Å². The summed E-state index contributed by atoms with van der Waals surface area (Å²) >= 11 is 0. The first kappa shape index (κ1) is 30.2. The standard InChI is InChI=1S/C30H26O14/c31-14-4-1-12(7-16(14)33)2-6-23(37)42-11-22-26(38)28(40)29(41)30(44-22)25-19(36)10-21-24(27(25)39)18(35)9-20(43-21)13-3-5-15(32)17(34)8-13/h1-10,22,26,28-34,36,38-41H,11H2/b6-2+/t22-,26-,28+,29-,30+/m1/s1. The van der Waals surface area contributed by atoms with Crippen molar-refractivity contribution in [2.75, 3.05) is 6.61 Å². The number of aliphatic hydroxyl groups excluding tert-OH is 3. The normalized spacial score (nSPS) is 21.9. The van der Waals surface area contributed by atoms with E-state index in [0.29, 0.717) is 5.56 Å². The Morgan fingerprint density at radius 2 is 1.48 bits per heavy atom. The average molecular weight is 611 g/mol. The van der Waals surface area contributed by atoms with Crippen LogP contribution in [0.25, 0.3) is 28.4 Å². The average Bonchev–Trinajstić information content (AvgIpc) is 2.98. The monoisotopic (exact) mass is 610 g/mol. The summed E-state index contributed by atoms with van der Waals surface area (Å²) in [5, 5.41) is 91.3. The van der Waals surface area contributed by atoms with Gasteiger partial charge in [0.15, 0.2) is 28.4 Å². The largest absolute Gasteiger partial charge is 0.507 e. The van der Waals surface area contributed by atoms with Gasteiger partial charge in [0.05, 0.1) is 5.56 Å². The molecule has 0 saturated carbocycles. The van der Waals surface area contributed by atoms with Gasteiger partial charge in [0.25, 0.3) is 0 Å². The molecule has 0 radical (unpaired) electrons. The Morgan fingerprint density at radius 1 is 0.795 bits per heavy atom. The van der Waals surface area contributed by atoms with E-state index in [9.17, 15) is 55.5 Å². The molecule has 14 heteroatoms. The van der Waals surface area contributed by atoms with Crippen molar-refractivity contribution in [2.24, 2.45) is 0 Å². The first-order valence-corrected chi connectivity index (χ1v) is 13.0. The van der Waals surface area contributed by atoms with Gasteiger partial charge in [0, 0.05) is 23.8 Å². The molecule has 14 nitrogen and oxygen atoms in total. The summed E-state index contributed by atoms with van der Waals surface area (Å²) in [7, 11) is 0. The zero-order valence-electron chi connectivity index (χ0n) is 22.4. The van der Waals surface area contributed by atoms with Crippen molar-refractivity contribution in [3.63, 3.8) is 0 Å². The molecule has 0 amide bonds. The van der Waals surface area contributed by atoms with Gasteiger partial charge in [-0.2, -0.15) is 0 Å². The highest BCUT2D eigenvalue weighted by Gasteiger charge is 2.46. The number of carbonyl (C=O) groups excluding carboxylic acids is 1. The van der Waals surface area contributed by atoms with E-state index in [1.165, 1.54) is 36.4 Å². The number of rotatable bonds is 6. The lowest BCUT2D eigenvalue weighted by Gasteiger charge is -2.40. The van der Waals surface area contributed by atoms with Crippen molar-refractivity contribution >= 4 is 23.0 Å². The van der Waals surface area contributed by atoms with Crippen LogP contribution in [0.2, 0.25) is 0 Å². The minimum atomic E-state index is -1.92. The maximum Gasteiger partial charge on any atom is 0.330 e. The molecule has 0 unspecified atom stereocenters. The van der Waals surface area contributed by atoms with Gasteiger partial charge in [-0.3, -0.25) is 4.79 Å². The van der Waals surface area contributed by atoms with Gasteiger partial charge in [0.1, 0.15) is 65.4 Å². The van der Waals surface area contributed by atoms with Crippen LogP contribution in [0.3, 0.4) is 0 Å². The van der Waals surface area contributed by atoms with Crippen molar-refractivity contribution in [3.8, 4) is 45.8 Å². The number of benzene rings is 3. The zero-order chi connectivity index (χ0) is 31.9. The molecule has 1 saturated heterocycles. The molecule has 1 aromatic heterocycles. The van der Waals surface area contributed by atoms with Gasteiger partial charge in [0.2, 0.25) is 0 Å². The molecule has 5 rings (SSSR count). The first-order chi connectivity index (χ1) is 20.8. The summed E-state index contributed by atoms with van der Waals surface area (Å²) in [4.78, 5) is 25.3. The molecule has 1 fully saturated rings. The Balaban J connectivity index is 1.40. The fourth-order valence-corrected chi connectivity index (χ4v) is 4.75. The third kappa shape index (κ3) is 5.69. The number of aliphatic hydroxyl groups is 3. The molecule has 44 heavy (non-hydrogen) atoms. The molecule has 1 aliphatic rings. The van der Waals surface area contributed by atoms with Crippen molar-refractivity contribution in [1.29, 1.82) is 0 Å².